The average molecular weight is 110 g/mol. The van der Waals surface area contributed by atoms with Crippen LogP contribution in [0.2, 0.25) is 0 Å². The van der Waals surface area contributed by atoms with Gasteiger partial charge in [0, 0.05) is 0 Å². The van der Waals surface area contributed by atoms with Crippen LogP contribution in [0.3, 0.4) is 0 Å². The van der Waals surface area contributed by atoms with Crippen LogP contribution in [-0.2, 0) is 0 Å². The molecule has 0 bridgehead atoms. The van der Waals surface area contributed by atoms with E-state index in [4.69, 9.17) is 0 Å². The van der Waals surface area contributed by atoms with Gasteiger partial charge < -0.3 is 0 Å². The second-order valence-corrected chi connectivity index (χ2v) is 3.57. The van der Waals surface area contributed by atoms with Gasteiger partial charge in [-0.1, -0.05) is 19.8 Å². The molecule has 2 rings (SSSR count). The summed E-state index contributed by atoms with van der Waals surface area (Å²) in [4.78, 5) is 0. The third-order valence-electron chi connectivity index (χ3n) is 3.12. The Labute approximate surface area is 51.3 Å². The maximum absolute atomic E-state index is 2.41. The van der Waals surface area contributed by atoms with E-state index in [1.54, 1.807) is 19.3 Å². The molecule has 0 saturated heterocycles. The molecule has 2 aliphatic carbocycles. The molecule has 0 aromatic rings. The minimum absolute atomic E-state index is 1.09. The van der Waals surface area contributed by atoms with E-state index in [0.717, 1.165) is 11.8 Å². The number of fused-ring (bicyclic) bond motifs is 1. The molecule has 0 aromatic carbocycles. The summed E-state index contributed by atoms with van der Waals surface area (Å²) in [5, 5.41) is 0. The molecule has 2 fully saturated rings. The summed E-state index contributed by atoms with van der Waals surface area (Å²) < 4.78 is 0. The van der Waals surface area contributed by atoms with Gasteiger partial charge in [0.1, 0.15) is 0 Å². The van der Waals surface area contributed by atoms with Gasteiger partial charge in [0.15, 0.2) is 0 Å². The van der Waals surface area contributed by atoms with Gasteiger partial charge in [-0.05, 0) is 30.6 Å². The zero-order valence-electron chi connectivity index (χ0n) is 5.56. The Morgan fingerprint density at radius 1 is 1.25 bits per heavy atom. The molecule has 2 aliphatic rings. The molecule has 3 atom stereocenters. The highest BCUT2D eigenvalue weighted by atomic mass is 14.5. The van der Waals surface area contributed by atoms with Crippen LogP contribution in [0.1, 0.15) is 32.6 Å². The van der Waals surface area contributed by atoms with Gasteiger partial charge in [-0.3, -0.25) is 0 Å². The van der Waals surface area contributed by atoms with Gasteiger partial charge in [0.05, 0.1) is 0 Å². The second kappa shape index (κ2) is 1.49. The average Bonchev–Trinajstić information content (AvgIpc) is 2.09. The predicted molar refractivity (Wildman–Crippen MR) is 34.6 cm³/mol. The van der Waals surface area contributed by atoms with E-state index >= 15 is 0 Å². The molecule has 2 unspecified atom stereocenters. The molecule has 0 radical (unpaired) electrons. The van der Waals surface area contributed by atoms with Crippen LogP contribution in [0.4, 0.5) is 0 Å². The van der Waals surface area contributed by atoms with Crippen LogP contribution < -0.4 is 0 Å². The van der Waals surface area contributed by atoms with Crippen molar-refractivity contribution in [3.05, 3.63) is 0 Å². The van der Waals surface area contributed by atoms with E-state index in [2.05, 4.69) is 6.92 Å². The number of hydrogen-bond donors (Lipinski definition) is 0. The van der Waals surface area contributed by atoms with Gasteiger partial charge in [-0.2, -0.15) is 0 Å². The van der Waals surface area contributed by atoms with E-state index in [-0.39, 0.29) is 0 Å². The third kappa shape index (κ3) is 0.463. The molecule has 0 heterocycles. The molecule has 0 aliphatic heterocycles. The molecule has 0 N–H and O–H groups in total. The quantitative estimate of drug-likeness (QED) is 0.449. The van der Waals surface area contributed by atoms with Crippen molar-refractivity contribution in [3.8, 4) is 0 Å². The van der Waals surface area contributed by atoms with E-state index < -0.39 is 0 Å². The SMILES string of the molecule is C[C@@H]1CC2CCCC21. The first-order chi connectivity index (χ1) is 3.88. The lowest BCUT2D eigenvalue weighted by Gasteiger charge is -2.37. The molecular weight excluding hydrogens is 96.1 g/mol. The van der Waals surface area contributed by atoms with Crippen molar-refractivity contribution in [1.82, 2.24) is 0 Å². The Bertz CT molecular complexity index is 96.2. The minimum atomic E-state index is 1.09. The first-order valence-corrected chi connectivity index (χ1v) is 3.88. The molecular formula is C8H14. The van der Waals surface area contributed by atoms with Crippen molar-refractivity contribution >= 4 is 0 Å². The molecule has 2 saturated carbocycles. The predicted octanol–water partition coefficient (Wildman–Crippen LogP) is 2.44. The molecule has 8 heavy (non-hydrogen) atoms. The van der Waals surface area contributed by atoms with Crippen molar-refractivity contribution < 1.29 is 0 Å². The summed E-state index contributed by atoms with van der Waals surface area (Å²) in [6.07, 6.45) is 6.17. The van der Waals surface area contributed by atoms with Crippen LogP contribution in [0.25, 0.3) is 0 Å². The maximum atomic E-state index is 2.41. The van der Waals surface area contributed by atoms with Crippen molar-refractivity contribution in [3.63, 3.8) is 0 Å². The van der Waals surface area contributed by atoms with Crippen molar-refractivity contribution in [1.29, 1.82) is 0 Å². The second-order valence-electron chi connectivity index (χ2n) is 3.57. The van der Waals surface area contributed by atoms with Crippen molar-refractivity contribution in [2.24, 2.45) is 17.8 Å². The standard InChI is InChI=1S/C8H14/c1-6-5-7-3-2-4-8(6)7/h6-8H,2-5H2,1H3/t6-,7?,8?/m1/s1. The summed E-state index contributed by atoms with van der Waals surface area (Å²) in [6, 6.07) is 0. The molecule has 0 nitrogen and oxygen atoms in total. The monoisotopic (exact) mass is 110 g/mol. The lowest BCUT2D eigenvalue weighted by Crippen LogP contribution is -2.29. The van der Waals surface area contributed by atoms with Gasteiger partial charge >= 0.3 is 0 Å². The number of hydrogen-bond acceptors (Lipinski definition) is 0. The molecule has 0 spiro atoms. The number of rotatable bonds is 0. The van der Waals surface area contributed by atoms with Gasteiger partial charge in [-0.25, -0.2) is 0 Å². The van der Waals surface area contributed by atoms with Crippen molar-refractivity contribution in [2.45, 2.75) is 32.6 Å². The van der Waals surface area contributed by atoms with Crippen LogP contribution in [0.5, 0.6) is 0 Å². The lowest BCUT2D eigenvalue weighted by molar-refractivity contribution is 0.120. The topological polar surface area (TPSA) is 0 Å². The third-order valence-corrected chi connectivity index (χ3v) is 3.12. The fourth-order valence-corrected chi connectivity index (χ4v) is 2.56. The smallest absolute Gasteiger partial charge is 0.0360 e. The molecule has 46 valence electrons. The van der Waals surface area contributed by atoms with E-state index in [1.807, 2.05) is 0 Å². The first-order valence-electron chi connectivity index (χ1n) is 3.88. The highest BCUT2D eigenvalue weighted by Gasteiger charge is 2.40. The lowest BCUT2D eigenvalue weighted by atomic mass is 9.68. The van der Waals surface area contributed by atoms with Crippen LogP contribution >= 0.6 is 0 Å². The van der Waals surface area contributed by atoms with Gasteiger partial charge in [0.2, 0.25) is 0 Å². The summed E-state index contributed by atoms with van der Waals surface area (Å²) >= 11 is 0. The molecule has 0 heteroatoms. The van der Waals surface area contributed by atoms with E-state index in [0.29, 0.717) is 0 Å². The Hall–Kier alpha value is 0. The Morgan fingerprint density at radius 3 is 2.62 bits per heavy atom. The highest BCUT2D eigenvalue weighted by molar-refractivity contribution is 4.90. The Balaban J connectivity index is 2.02. The van der Waals surface area contributed by atoms with Crippen molar-refractivity contribution in [2.75, 3.05) is 0 Å². The maximum Gasteiger partial charge on any atom is -0.0360 e. The Morgan fingerprint density at radius 2 is 2.12 bits per heavy atom. The normalized spacial score (nSPS) is 52.9. The fourth-order valence-electron chi connectivity index (χ4n) is 2.56. The van der Waals surface area contributed by atoms with Crippen LogP contribution in [-0.4, -0.2) is 0 Å². The van der Waals surface area contributed by atoms with E-state index in [9.17, 15) is 0 Å². The zero-order valence-corrected chi connectivity index (χ0v) is 5.56. The minimum Gasteiger partial charge on any atom is -0.0622 e. The Kier molecular flexibility index (Phi) is 0.902. The summed E-state index contributed by atoms with van der Waals surface area (Å²) in [7, 11) is 0. The van der Waals surface area contributed by atoms with Crippen LogP contribution in [0, 0.1) is 17.8 Å². The highest BCUT2D eigenvalue weighted by Crippen LogP contribution is 2.50. The largest absolute Gasteiger partial charge is 0.0622 e. The first kappa shape index (κ1) is 4.84. The molecule has 0 amide bonds. The fraction of sp³-hybridized carbons (Fsp3) is 1.00. The van der Waals surface area contributed by atoms with Gasteiger partial charge in [-0.15, -0.1) is 0 Å². The van der Waals surface area contributed by atoms with E-state index in [1.165, 1.54) is 12.3 Å². The molecule has 0 aromatic heterocycles. The zero-order chi connectivity index (χ0) is 5.56. The summed E-state index contributed by atoms with van der Waals surface area (Å²) in [6.45, 7) is 2.41. The van der Waals surface area contributed by atoms with Crippen LogP contribution in [0.15, 0.2) is 0 Å². The van der Waals surface area contributed by atoms with Gasteiger partial charge in [0.25, 0.3) is 0 Å². The summed E-state index contributed by atoms with van der Waals surface area (Å²) in [5.74, 6) is 3.42. The summed E-state index contributed by atoms with van der Waals surface area (Å²) in [5.41, 5.74) is 0.